The van der Waals surface area contributed by atoms with E-state index in [9.17, 15) is 5.11 Å². The number of nitrogens with two attached hydrogens (primary N) is 1. The number of aromatic hydroxyl groups is 1. The van der Waals surface area contributed by atoms with Crippen LogP contribution in [0, 0.1) is 0 Å². The molecule has 0 atom stereocenters. The Morgan fingerprint density at radius 2 is 2.16 bits per heavy atom. The first-order valence-corrected chi connectivity index (χ1v) is 6.01. The van der Waals surface area contributed by atoms with E-state index >= 15 is 0 Å². The van der Waals surface area contributed by atoms with Crippen LogP contribution in [0.1, 0.15) is 26.6 Å². The second kappa shape index (κ2) is 4.89. The second-order valence-electron chi connectivity index (χ2n) is 4.64. The van der Waals surface area contributed by atoms with Gasteiger partial charge in [-0.05, 0) is 39.0 Å². The van der Waals surface area contributed by atoms with E-state index in [1.807, 2.05) is 20.8 Å². The molecule has 0 saturated heterocycles. The normalized spacial score (nSPS) is 11.7. The fraction of sp³-hybridized carbons (Fsp3) is 0.385. The number of phenolic OH excluding ortho intramolecular Hbond substituents is 1. The Labute approximate surface area is 111 Å². The van der Waals surface area contributed by atoms with Crippen molar-refractivity contribution >= 4 is 5.69 Å². The number of hydrogen-bond acceptors (Lipinski definition) is 6. The Morgan fingerprint density at radius 3 is 2.79 bits per heavy atom. The van der Waals surface area contributed by atoms with Crippen molar-refractivity contribution in [3.8, 4) is 17.2 Å². The Balaban J connectivity index is 2.33. The molecule has 2 rings (SSSR count). The molecule has 1 aromatic heterocycles. The first-order valence-electron chi connectivity index (χ1n) is 6.01. The minimum absolute atomic E-state index is 0.0127. The van der Waals surface area contributed by atoms with Crippen molar-refractivity contribution in [2.24, 2.45) is 0 Å². The molecule has 0 fully saturated rings. The molecule has 0 aliphatic carbocycles. The highest BCUT2D eigenvalue weighted by atomic mass is 16.5. The van der Waals surface area contributed by atoms with Gasteiger partial charge >= 0.3 is 0 Å². The van der Waals surface area contributed by atoms with Crippen LogP contribution in [0.4, 0.5) is 5.69 Å². The van der Waals surface area contributed by atoms with Crippen LogP contribution in [0.5, 0.6) is 5.75 Å². The van der Waals surface area contributed by atoms with E-state index in [-0.39, 0.29) is 5.75 Å². The SMILES string of the molecule is CCOC(C)(C)c1noc(-c2ccc(N)c(O)c2)n1. The van der Waals surface area contributed by atoms with E-state index in [4.69, 9.17) is 15.0 Å². The van der Waals surface area contributed by atoms with Gasteiger partial charge in [-0.15, -0.1) is 0 Å². The summed E-state index contributed by atoms with van der Waals surface area (Å²) in [5.74, 6) is 0.764. The average molecular weight is 263 g/mol. The van der Waals surface area contributed by atoms with Gasteiger partial charge in [0.1, 0.15) is 11.4 Å². The van der Waals surface area contributed by atoms with Crippen LogP contribution in [0.15, 0.2) is 22.7 Å². The van der Waals surface area contributed by atoms with Crippen LogP contribution in [-0.4, -0.2) is 21.9 Å². The van der Waals surface area contributed by atoms with E-state index in [1.54, 1.807) is 12.1 Å². The summed E-state index contributed by atoms with van der Waals surface area (Å²) in [6, 6.07) is 4.78. The van der Waals surface area contributed by atoms with Gasteiger partial charge in [-0.1, -0.05) is 5.16 Å². The van der Waals surface area contributed by atoms with Crippen LogP contribution in [0.2, 0.25) is 0 Å². The maximum absolute atomic E-state index is 9.57. The summed E-state index contributed by atoms with van der Waals surface area (Å²) in [6.45, 7) is 6.19. The molecule has 1 aromatic carbocycles. The van der Waals surface area contributed by atoms with Crippen molar-refractivity contribution in [3.05, 3.63) is 24.0 Å². The third-order valence-corrected chi connectivity index (χ3v) is 2.75. The summed E-state index contributed by atoms with van der Waals surface area (Å²) in [5.41, 5.74) is 5.84. The molecular formula is C13H17N3O3. The molecule has 0 radical (unpaired) electrons. The number of rotatable bonds is 4. The van der Waals surface area contributed by atoms with Crippen LogP contribution in [0.25, 0.3) is 11.5 Å². The summed E-state index contributed by atoms with van der Waals surface area (Å²) < 4.78 is 10.7. The van der Waals surface area contributed by atoms with E-state index < -0.39 is 5.60 Å². The molecule has 0 saturated carbocycles. The molecule has 3 N–H and O–H groups in total. The topological polar surface area (TPSA) is 94.4 Å². The van der Waals surface area contributed by atoms with Crippen molar-refractivity contribution < 1.29 is 14.4 Å². The lowest BCUT2D eigenvalue weighted by Gasteiger charge is -2.19. The number of hydrogen-bond donors (Lipinski definition) is 2. The van der Waals surface area contributed by atoms with Gasteiger partial charge in [0.25, 0.3) is 5.89 Å². The maximum Gasteiger partial charge on any atom is 0.258 e. The molecule has 0 unspecified atom stereocenters. The molecule has 102 valence electrons. The second-order valence-corrected chi connectivity index (χ2v) is 4.64. The molecule has 6 nitrogen and oxygen atoms in total. The zero-order valence-corrected chi connectivity index (χ0v) is 11.2. The molecule has 0 amide bonds. The van der Waals surface area contributed by atoms with Crippen molar-refractivity contribution in [2.45, 2.75) is 26.4 Å². The van der Waals surface area contributed by atoms with Gasteiger partial charge < -0.3 is 20.1 Å². The van der Waals surface area contributed by atoms with E-state index in [0.29, 0.717) is 29.6 Å². The van der Waals surface area contributed by atoms with E-state index in [1.165, 1.54) is 6.07 Å². The van der Waals surface area contributed by atoms with Crippen LogP contribution >= 0.6 is 0 Å². The molecule has 2 aromatic rings. The molecule has 0 spiro atoms. The zero-order valence-electron chi connectivity index (χ0n) is 11.2. The summed E-state index contributed by atoms with van der Waals surface area (Å²) in [6.07, 6.45) is 0. The molecule has 1 heterocycles. The summed E-state index contributed by atoms with van der Waals surface area (Å²) in [7, 11) is 0. The first-order chi connectivity index (χ1) is 8.94. The summed E-state index contributed by atoms with van der Waals surface area (Å²) in [5, 5.41) is 13.5. The highest BCUT2D eigenvalue weighted by Gasteiger charge is 2.27. The monoisotopic (exact) mass is 263 g/mol. The van der Waals surface area contributed by atoms with Gasteiger partial charge in [0, 0.05) is 12.2 Å². The maximum atomic E-state index is 9.57. The minimum Gasteiger partial charge on any atom is -0.506 e. The van der Waals surface area contributed by atoms with Crippen LogP contribution in [0.3, 0.4) is 0 Å². The van der Waals surface area contributed by atoms with Gasteiger partial charge in [0.05, 0.1) is 5.69 Å². The van der Waals surface area contributed by atoms with Crippen molar-refractivity contribution in [1.29, 1.82) is 0 Å². The number of ether oxygens (including phenoxy) is 1. The van der Waals surface area contributed by atoms with E-state index in [0.717, 1.165) is 0 Å². The number of aromatic nitrogens is 2. The lowest BCUT2D eigenvalue weighted by Crippen LogP contribution is -2.23. The molecule has 0 bridgehead atoms. The van der Waals surface area contributed by atoms with Gasteiger partial charge in [-0.2, -0.15) is 4.98 Å². The molecule has 6 heteroatoms. The molecule has 19 heavy (non-hydrogen) atoms. The predicted molar refractivity (Wildman–Crippen MR) is 70.5 cm³/mol. The standard InChI is InChI=1S/C13H17N3O3/c1-4-18-13(2,3)12-15-11(19-16-12)8-5-6-9(14)10(17)7-8/h5-7,17H,4,14H2,1-3H3. The number of benzene rings is 1. The number of nitrogens with zero attached hydrogens (tertiary/aromatic N) is 2. The Hall–Kier alpha value is -2.08. The third kappa shape index (κ3) is 2.68. The Morgan fingerprint density at radius 1 is 1.42 bits per heavy atom. The number of anilines is 1. The fourth-order valence-corrected chi connectivity index (χ4v) is 1.69. The molecule has 0 aliphatic rings. The van der Waals surface area contributed by atoms with E-state index in [2.05, 4.69) is 10.1 Å². The van der Waals surface area contributed by atoms with Gasteiger partial charge in [0.15, 0.2) is 0 Å². The highest BCUT2D eigenvalue weighted by Crippen LogP contribution is 2.29. The lowest BCUT2D eigenvalue weighted by molar-refractivity contribution is -0.0221. The lowest BCUT2D eigenvalue weighted by atomic mass is 10.1. The van der Waals surface area contributed by atoms with Crippen LogP contribution < -0.4 is 5.73 Å². The van der Waals surface area contributed by atoms with Crippen molar-refractivity contribution in [2.75, 3.05) is 12.3 Å². The number of nitrogen functional groups attached to an aromatic ring is 1. The molecule has 0 aliphatic heterocycles. The third-order valence-electron chi connectivity index (χ3n) is 2.75. The first kappa shape index (κ1) is 13.4. The zero-order chi connectivity index (χ0) is 14.0. The van der Waals surface area contributed by atoms with Gasteiger partial charge in [-0.3, -0.25) is 0 Å². The fourth-order valence-electron chi connectivity index (χ4n) is 1.69. The number of phenols is 1. The minimum atomic E-state index is -0.619. The largest absolute Gasteiger partial charge is 0.506 e. The Kier molecular flexibility index (Phi) is 3.44. The predicted octanol–water partition coefficient (Wildman–Crippen LogP) is 2.30. The average Bonchev–Trinajstić information content (AvgIpc) is 2.83. The summed E-state index contributed by atoms with van der Waals surface area (Å²) >= 11 is 0. The quantitative estimate of drug-likeness (QED) is 0.649. The van der Waals surface area contributed by atoms with Gasteiger partial charge in [0.2, 0.25) is 5.82 Å². The van der Waals surface area contributed by atoms with Crippen molar-refractivity contribution in [1.82, 2.24) is 10.1 Å². The highest BCUT2D eigenvalue weighted by molar-refractivity contribution is 5.63. The molecular weight excluding hydrogens is 246 g/mol. The van der Waals surface area contributed by atoms with Gasteiger partial charge in [-0.25, -0.2) is 0 Å². The van der Waals surface area contributed by atoms with Crippen molar-refractivity contribution in [3.63, 3.8) is 0 Å². The Bertz CT molecular complexity index is 578. The smallest absolute Gasteiger partial charge is 0.258 e. The summed E-state index contributed by atoms with van der Waals surface area (Å²) in [4.78, 5) is 4.29. The van der Waals surface area contributed by atoms with Crippen LogP contribution in [-0.2, 0) is 10.3 Å².